The second kappa shape index (κ2) is 6.95. The summed E-state index contributed by atoms with van der Waals surface area (Å²) in [6, 6.07) is 7.99. The van der Waals surface area contributed by atoms with E-state index >= 15 is 0 Å². The minimum atomic E-state index is -0.920. The largest absolute Gasteiger partial charge is 0.497 e. The molecular weight excluding hydrogens is 242 g/mol. The Labute approximate surface area is 114 Å². The van der Waals surface area contributed by atoms with Crippen molar-refractivity contribution in [1.29, 1.82) is 0 Å². The second-order valence-electron chi connectivity index (χ2n) is 4.98. The predicted molar refractivity (Wildman–Crippen MR) is 75.7 cm³/mol. The number of carbonyl (C=O) groups is 1. The number of ether oxygens (including phenoxy) is 1. The van der Waals surface area contributed by atoms with Gasteiger partial charge in [-0.3, -0.25) is 0 Å². The third-order valence-corrected chi connectivity index (χ3v) is 2.96. The lowest BCUT2D eigenvalue weighted by Crippen LogP contribution is -2.33. The molecule has 0 fully saturated rings. The van der Waals surface area contributed by atoms with Crippen molar-refractivity contribution in [1.82, 2.24) is 5.32 Å². The van der Waals surface area contributed by atoms with E-state index in [0.29, 0.717) is 6.54 Å². The van der Waals surface area contributed by atoms with Gasteiger partial charge in [0.05, 0.1) is 7.11 Å². The Bertz CT molecular complexity index is 435. The van der Waals surface area contributed by atoms with Crippen molar-refractivity contribution in [3.05, 3.63) is 42.0 Å². The Balaban J connectivity index is 2.52. The molecule has 1 rings (SSSR count). The first kappa shape index (κ1) is 15.2. The molecule has 0 amide bonds. The maximum Gasteiger partial charge on any atom is 0.328 e. The number of nitrogens with one attached hydrogen (secondary N) is 1. The molecule has 19 heavy (non-hydrogen) atoms. The highest BCUT2D eigenvalue weighted by molar-refractivity contribution is 5.79. The Morgan fingerprint density at radius 3 is 2.53 bits per heavy atom. The Morgan fingerprint density at radius 1 is 1.37 bits per heavy atom. The standard InChI is InChI=1S/C15H21NO3/c1-15(2,11-16-10-4-5-14(17)18)12-6-8-13(19-3)9-7-12/h4-9,16H,10-11H2,1-3H3,(H,17,18)/b5-4+. The summed E-state index contributed by atoms with van der Waals surface area (Å²) < 4.78 is 5.14. The van der Waals surface area contributed by atoms with Gasteiger partial charge in [-0.2, -0.15) is 0 Å². The van der Waals surface area contributed by atoms with Gasteiger partial charge in [0.15, 0.2) is 0 Å². The van der Waals surface area contributed by atoms with Gasteiger partial charge in [-0.1, -0.05) is 32.1 Å². The monoisotopic (exact) mass is 263 g/mol. The first-order valence-electron chi connectivity index (χ1n) is 6.20. The van der Waals surface area contributed by atoms with Crippen LogP contribution < -0.4 is 10.1 Å². The molecule has 0 aliphatic heterocycles. The van der Waals surface area contributed by atoms with E-state index in [1.54, 1.807) is 13.2 Å². The lowest BCUT2D eigenvalue weighted by Gasteiger charge is -2.25. The molecule has 0 saturated heterocycles. The molecule has 0 aliphatic rings. The molecule has 0 aliphatic carbocycles. The normalized spacial score (nSPS) is 11.7. The van der Waals surface area contributed by atoms with Gasteiger partial charge in [0.25, 0.3) is 0 Å². The highest BCUT2D eigenvalue weighted by atomic mass is 16.5. The van der Waals surface area contributed by atoms with Gasteiger partial charge >= 0.3 is 5.97 Å². The van der Waals surface area contributed by atoms with E-state index in [1.807, 2.05) is 24.3 Å². The lowest BCUT2D eigenvalue weighted by atomic mass is 9.84. The van der Waals surface area contributed by atoms with Gasteiger partial charge < -0.3 is 15.2 Å². The molecular formula is C15H21NO3. The van der Waals surface area contributed by atoms with Gasteiger partial charge in [0.1, 0.15) is 5.75 Å². The second-order valence-corrected chi connectivity index (χ2v) is 4.98. The zero-order valence-electron chi connectivity index (χ0n) is 11.6. The molecule has 0 spiro atoms. The van der Waals surface area contributed by atoms with E-state index in [9.17, 15) is 4.79 Å². The maximum atomic E-state index is 10.3. The number of carboxylic acid groups (broad SMARTS) is 1. The summed E-state index contributed by atoms with van der Waals surface area (Å²) in [5.41, 5.74) is 1.19. The minimum absolute atomic E-state index is 0.0245. The summed E-state index contributed by atoms with van der Waals surface area (Å²) in [7, 11) is 1.65. The van der Waals surface area contributed by atoms with Gasteiger partial charge in [-0.05, 0) is 17.7 Å². The molecule has 1 aromatic carbocycles. The third-order valence-electron chi connectivity index (χ3n) is 2.96. The summed E-state index contributed by atoms with van der Waals surface area (Å²) in [6.07, 6.45) is 2.75. The van der Waals surface area contributed by atoms with E-state index in [1.165, 1.54) is 5.56 Å². The van der Waals surface area contributed by atoms with Crippen molar-refractivity contribution in [2.45, 2.75) is 19.3 Å². The van der Waals surface area contributed by atoms with Crippen LogP contribution in [0.4, 0.5) is 0 Å². The van der Waals surface area contributed by atoms with Crippen molar-refractivity contribution >= 4 is 5.97 Å². The molecule has 104 valence electrons. The first-order valence-corrected chi connectivity index (χ1v) is 6.20. The predicted octanol–water partition coefficient (Wildman–Crippen LogP) is 2.20. The highest BCUT2D eigenvalue weighted by Crippen LogP contribution is 2.24. The smallest absolute Gasteiger partial charge is 0.328 e. The Kier molecular flexibility index (Phi) is 5.57. The van der Waals surface area contributed by atoms with Crippen LogP contribution in [-0.2, 0) is 10.2 Å². The fourth-order valence-corrected chi connectivity index (χ4v) is 1.77. The molecule has 0 bridgehead atoms. The number of aliphatic carboxylic acids is 1. The van der Waals surface area contributed by atoms with E-state index < -0.39 is 5.97 Å². The van der Waals surface area contributed by atoms with E-state index in [-0.39, 0.29) is 5.41 Å². The molecule has 0 radical (unpaired) electrons. The van der Waals surface area contributed by atoms with E-state index in [4.69, 9.17) is 9.84 Å². The number of benzene rings is 1. The summed E-state index contributed by atoms with van der Waals surface area (Å²) in [4.78, 5) is 10.3. The van der Waals surface area contributed by atoms with Crippen LogP contribution >= 0.6 is 0 Å². The van der Waals surface area contributed by atoms with Gasteiger partial charge in [0.2, 0.25) is 0 Å². The van der Waals surface area contributed by atoms with Gasteiger partial charge in [0, 0.05) is 24.6 Å². The van der Waals surface area contributed by atoms with Crippen LogP contribution in [0.15, 0.2) is 36.4 Å². The number of methoxy groups -OCH3 is 1. The number of carboxylic acids is 1. The third kappa shape index (κ3) is 5.14. The molecule has 2 N–H and O–H groups in total. The van der Waals surface area contributed by atoms with E-state index in [0.717, 1.165) is 18.4 Å². The van der Waals surface area contributed by atoms with Gasteiger partial charge in [-0.25, -0.2) is 4.79 Å². The van der Waals surface area contributed by atoms with Crippen molar-refractivity contribution in [3.8, 4) is 5.75 Å². The van der Waals surface area contributed by atoms with Crippen molar-refractivity contribution in [2.75, 3.05) is 20.2 Å². The maximum absolute atomic E-state index is 10.3. The Morgan fingerprint density at radius 2 is 2.00 bits per heavy atom. The summed E-state index contributed by atoms with van der Waals surface area (Å²) in [5.74, 6) is -0.0758. The van der Waals surface area contributed by atoms with Crippen LogP contribution in [0.3, 0.4) is 0 Å². The molecule has 1 aromatic rings. The average molecular weight is 263 g/mol. The Hall–Kier alpha value is -1.81. The zero-order chi connectivity index (χ0) is 14.3. The van der Waals surface area contributed by atoms with Crippen LogP contribution in [0, 0.1) is 0 Å². The van der Waals surface area contributed by atoms with Crippen molar-refractivity contribution < 1.29 is 14.6 Å². The number of hydrogen-bond donors (Lipinski definition) is 2. The SMILES string of the molecule is COc1ccc(C(C)(C)CNC/C=C/C(=O)O)cc1. The molecule has 0 atom stereocenters. The minimum Gasteiger partial charge on any atom is -0.497 e. The number of hydrogen-bond acceptors (Lipinski definition) is 3. The van der Waals surface area contributed by atoms with Crippen molar-refractivity contribution in [2.24, 2.45) is 0 Å². The average Bonchev–Trinajstić information content (AvgIpc) is 2.38. The number of rotatable bonds is 7. The fourth-order valence-electron chi connectivity index (χ4n) is 1.77. The van der Waals surface area contributed by atoms with E-state index in [2.05, 4.69) is 19.2 Å². The molecule has 0 aromatic heterocycles. The quantitative estimate of drug-likeness (QED) is 0.585. The molecule has 0 unspecified atom stereocenters. The van der Waals surface area contributed by atoms with Crippen LogP contribution in [-0.4, -0.2) is 31.3 Å². The van der Waals surface area contributed by atoms with Crippen LogP contribution in [0.2, 0.25) is 0 Å². The van der Waals surface area contributed by atoms with Gasteiger partial charge in [-0.15, -0.1) is 0 Å². The molecule has 4 heteroatoms. The van der Waals surface area contributed by atoms with Crippen molar-refractivity contribution in [3.63, 3.8) is 0 Å². The highest BCUT2D eigenvalue weighted by Gasteiger charge is 2.19. The zero-order valence-corrected chi connectivity index (χ0v) is 11.6. The topological polar surface area (TPSA) is 58.6 Å². The fraction of sp³-hybridized carbons (Fsp3) is 0.400. The summed E-state index contributed by atoms with van der Waals surface area (Å²) in [5, 5.41) is 11.7. The lowest BCUT2D eigenvalue weighted by molar-refractivity contribution is -0.131. The molecule has 4 nitrogen and oxygen atoms in total. The van der Waals surface area contributed by atoms with Crippen LogP contribution in [0.5, 0.6) is 5.75 Å². The molecule has 0 heterocycles. The van der Waals surface area contributed by atoms with Crippen LogP contribution in [0.1, 0.15) is 19.4 Å². The summed E-state index contributed by atoms with van der Waals surface area (Å²) in [6.45, 7) is 5.60. The first-order chi connectivity index (χ1) is 8.95. The summed E-state index contributed by atoms with van der Waals surface area (Å²) >= 11 is 0. The van der Waals surface area contributed by atoms with Crippen LogP contribution in [0.25, 0.3) is 0 Å². The molecule has 0 saturated carbocycles.